The van der Waals surface area contributed by atoms with Crippen molar-refractivity contribution < 1.29 is 13.2 Å². The van der Waals surface area contributed by atoms with Gasteiger partial charge in [0.2, 0.25) is 0 Å². The maximum atomic E-state index is 12.4. The Kier molecular flexibility index (Phi) is 5.33. The number of halogens is 3. The maximum Gasteiger partial charge on any atom is 0.416 e. The second-order valence-corrected chi connectivity index (χ2v) is 4.75. The Morgan fingerprint density at radius 2 is 1.82 bits per heavy atom. The van der Waals surface area contributed by atoms with Gasteiger partial charge in [-0.15, -0.1) is 0 Å². The highest BCUT2D eigenvalue weighted by atomic mass is 32.2. The summed E-state index contributed by atoms with van der Waals surface area (Å²) in [6.45, 7) is 0. The molecule has 0 heterocycles. The lowest BCUT2D eigenvalue weighted by molar-refractivity contribution is -0.137. The van der Waals surface area contributed by atoms with Crippen molar-refractivity contribution in [2.45, 2.75) is 18.6 Å². The molecule has 1 N–H and O–H groups in total. The third kappa shape index (κ3) is 4.60. The first-order chi connectivity index (χ1) is 7.97. The quantitative estimate of drug-likeness (QED) is 0.875. The Hall–Kier alpha value is -0.680. The van der Waals surface area contributed by atoms with Gasteiger partial charge in [-0.25, -0.2) is 0 Å². The zero-order valence-electron chi connectivity index (χ0n) is 9.84. The van der Waals surface area contributed by atoms with Crippen LogP contribution in [-0.4, -0.2) is 25.1 Å². The SMILES string of the molecule is CNC(CSC)Cc1ccc(C(F)(F)F)cc1. The first kappa shape index (κ1) is 14.4. The Morgan fingerprint density at radius 1 is 1.24 bits per heavy atom. The predicted octanol–water partition coefficient (Wildman–Crippen LogP) is 3.20. The summed E-state index contributed by atoms with van der Waals surface area (Å²) < 4.78 is 37.1. The van der Waals surface area contributed by atoms with Gasteiger partial charge >= 0.3 is 6.18 Å². The van der Waals surface area contributed by atoms with Crippen LogP contribution in [0.1, 0.15) is 11.1 Å². The molecule has 1 atom stereocenters. The van der Waals surface area contributed by atoms with Crippen molar-refractivity contribution in [1.29, 1.82) is 0 Å². The Bertz CT molecular complexity index is 335. The molecule has 0 amide bonds. The molecule has 0 aliphatic carbocycles. The van der Waals surface area contributed by atoms with Gasteiger partial charge in [0.1, 0.15) is 0 Å². The molecule has 1 aromatic carbocycles. The monoisotopic (exact) mass is 263 g/mol. The molecule has 0 aromatic heterocycles. The number of alkyl halides is 3. The summed E-state index contributed by atoms with van der Waals surface area (Å²) in [6, 6.07) is 5.67. The average molecular weight is 263 g/mol. The topological polar surface area (TPSA) is 12.0 Å². The molecule has 1 unspecified atom stereocenters. The van der Waals surface area contributed by atoms with Crippen molar-refractivity contribution in [2.75, 3.05) is 19.1 Å². The summed E-state index contributed by atoms with van der Waals surface area (Å²) in [7, 11) is 1.87. The van der Waals surface area contributed by atoms with Gasteiger partial charge < -0.3 is 5.32 Å². The van der Waals surface area contributed by atoms with E-state index < -0.39 is 11.7 Å². The third-order valence-corrected chi connectivity index (χ3v) is 3.28. The van der Waals surface area contributed by atoms with Crippen LogP contribution in [0.3, 0.4) is 0 Å². The van der Waals surface area contributed by atoms with E-state index in [1.807, 2.05) is 13.3 Å². The molecule has 1 nitrogen and oxygen atoms in total. The van der Waals surface area contributed by atoms with Crippen LogP contribution in [0.5, 0.6) is 0 Å². The third-order valence-electron chi connectivity index (χ3n) is 2.54. The molecule has 0 saturated carbocycles. The lowest BCUT2D eigenvalue weighted by Crippen LogP contribution is -2.29. The van der Waals surface area contributed by atoms with E-state index in [0.29, 0.717) is 6.04 Å². The first-order valence-corrected chi connectivity index (χ1v) is 6.69. The summed E-state index contributed by atoms with van der Waals surface area (Å²) in [5.41, 5.74) is 0.332. The minimum absolute atomic E-state index is 0.293. The molecule has 17 heavy (non-hydrogen) atoms. The number of hydrogen-bond acceptors (Lipinski definition) is 2. The van der Waals surface area contributed by atoms with E-state index in [0.717, 1.165) is 29.9 Å². The smallest absolute Gasteiger partial charge is 0.316 e. The fourth-order valence-electron chi connectivity index (χ4n) is 1.56. The molecule has 0 saturated heterocycles. The van der Waals surface area contributed by atoms with Crippen LogP contribution in [0.15, 0.2) is 24.3 Å². The maximum absolute atomic E-state index is 12.4. The zero-order valence-corrected chi connectivity index (χ0v) is 10.7. The number of nitrogens with one attached hydrogen (secondary N) is 1. The van der Waals surface area contributed by atoms with Crippen LogP contribution < -0.4 is 5.32 Å². The summed E-state index contributed by atoms with van der Waals surface area (Å²) in [6.07, 6.45) is -1.49. The summed E-state index contributed by atoms with van der Waals surface area (Å²) in [4.78, 5) is 0. The van der Waals surface area contributed by atoms with Gasteiger partial charge in [0.25, 0.3) is 0 Å². The fraction of sp³-hybridized carbons (Fsp3) is 0.500. The molecule has 1 rings (SSSR count). The summed E-state index contributed by atoms with van der Waals surface area (Å²) >= 11 is 1.72. The van der Waals surface area contributed by atoms with Crippen LogP contribution in [-0.2, 0) is 12.6 Å². The number of likely N-dealkylation sites (N-methyl/N-ethyl adjacent to an activating group) is 1. The Morgan fingerprint density at radius 3 is 2.24 bits per heavy atom. The van der Waals surface area contributed by atoms with E-state index in [1.165, 1.54) is 0 Å². The van der Waals surface area contributed by atoms with Gasteiger partial charge in [0.15, 0.2) is 0 Å². The van der Waals surface area contributed by atoms with Gasteiger partial charge in [0.05, 0.1) is 5.56 Å². The summed E-state index contributed by atoms with van der Waals surface area (Å²) in [5.74, 6) is 0.942. The molecule has 0 radical (unpaired) electrons. The van der Waals surface area contributed by atoms with Crippen molar-refractivity contribution in [3.63, 3.8) is 0 Å². The van der Waals surface area contributed by atoms with Crippen molar-refractivity contribution in [1.82, 2.24) is 5.32 Å². The van der Waals surface area contributed by atoms with E-state index >= 15 is 0 Å². The molecular weight excluding hydrogens is 247 g/mol. The van der Waals surface area contributed by atoms with Crippen LogP contribution >= 0.6 is 11.8 Å². The second-order valence-electron chi connectivity index (χ2n) is 3.84. The lowest BCUT2D eigenvalue weighted by atomic mass is 10.1. The molecule has 5 heteroatoms. The molecule has 0 spiro atoms. The van der Waals surface area contributed by atoms with Crippen molar-refractivity contribution >= 4 is 11.8 Å². The minimum atomic E-state index is -4.25. The van der Waals surface area contributed by atoms with Crippen LogP contribution in [0.2, 0.25) is 0 Å². The van der Waals surface area contributed by atoms with E-state index in [2.05, 4.69) is 5.32 Å². The van der Waals surface area contributed by atoms with E-state index in [4.69, 9.17) is 0 Å². The molecule has 0 bridgehead atoms. The second kappa shape index (κ2) is 6.31. The lowest BCUT2D eigenvalue weighted by Gasteiger charge is -2.15. The van der Waals surface area contributed by atoms with Crippen LogP contribution in [0.4, 0.5) is 13.2 Å². The van der Waals surface area contributed by atoms with Crippen LogP contribution in [0, 0.1) is 0 Å². The normalized spacial score (nSPS) is 13.7. The Balaban J connectivity index is 2.68. The number of benzene rings is 1. The number of rotatable bonds is 5. The first-order valence-electron chi connectivity index (χ1n) is 5.29. The van der Waals surface area contributed by atoms with Gasteiger partial charge in [-0.3, -0.25) is 0 Å². The molecule has 96 valence electrons. The highest BCUT2D eigenvalue weighted by molar-refractivity contribution is 7.98. The van der Waals surface area contributed by atoms with Crippen molar-refractivity contribution in [3.05, 3.63) is 35.4 Å². The number of hydrogen-bond donors (Lipinski definition) is 1. The highest BCUT2D eigenvalue weighted by Crippen LogP contribution is 2.29. The van der Waals surface area contributed by atoms with Gasteiger partial charge in [0, 0.05) is 11.8 Å². The predicted molar refractivity (Wildman–Crippen MR) is 66.4 cm³/mol. The van der Waals surface area contributed by atoms with Gasteiger partial charge in [-0.05, 0) is 37.4 Å². The van der Waals surface area contributed by atoms with Gasteiger partial charge in [-0.2, -0.15) is 24.9 Å². The molecular formula is C12H16F3NS. The van der Waals surface area contributed by atoms with E-state index in [9.17, 15) is 13.2 Å². The van der Waals surface area contributed by atoms with Crippen molar-refractivity contribution in [3.8, 4) is 0 Å². The largest absolute Gasteiger partial charge is 0.416 e. The average Bonchev–Trinajstić information content (AvgIpc) is 2.28. The van der Waals surface area contributed by atoms with E-state index in [-0.39, 0.29) is 0 Å². The van der Waals surface area contributed by atoms with Gasteiger partial charge in [-0.1, -0.05) is 12.1 Å². The number of thioether (sulfide) groups is 1. The minimum Gasteiger partial charge on any atom is -0.316 e. The molecule has 1 aromatic rings. The highest BCUT2D eigenvalue weighted by Gasteiger charge is 2.29. The zero-order chi connectivity index (χ0) is 12.9. The van der Waals surface area contributed by atoms with E-state index in [1.54, 1.807) is 23.9 Å². The molecule has 0 fully saturated rings. The van der Waals surface area contributed by atoms with Crippen LogP contribution in [0.25, 0.3) is 0 Å². The molecule has 0 aliphatic rings. The Labute approximate surface area is 104 Å². The van der Waals surface area contributed by atoms with Crippen molar-refractivity contribution in [2.24, 2.45) is 0 Å². The summed E-state index contributed by atoms with van der Waals surface area (Å²) in [5, 5.41) is 3.15. The standard InChI is InChI=1S/C12H16F3NS/c1-16-11(8-17-2)7-9-3-5-10(6-4-9)12(13,14)15/h3-6,11,16H,7-8H2,1-2H3. The fourth-order valence-corrected chi connectivity index (χ4v) is 2.25. The molecule has 0 aliphatic heterocycles.